The number of Topliss-reactive ketones (excluding diaryl/α,β-unsaturated/α-hetero) is 1. The molecule has 0 aliphatic heterocycles. The van der Waals surface area contributed by atoms with Gasteiger partial charge in [-0.3, -0.25) is 4.79 Å². The molecule has 0 radical (unpaired) electrons. The second-order valence-corrected chi connectivity index (χ2v) is 9.07. The van der Waals surface area contributed by atoms with Crippen LogP contribution in [0.25, 0.3) is 0 Å². The van der Waals surface area contributed by atoms with Crippen LogP contribution < -0.4 is 18.8 Å². The highest BCUT2D eigenvalue weighted by molar-refractivity contribution is 7.84. The number of ketones is 1. The van der Waals surface area contributed by atoms with Crippen molar-refractivity contribution in [3.8, 4) is 17.2 Å². The number of ether oxygens (including phenoxy) is 3. The van der Waals surface area contributed by atoms with E-state index >= 15 is 0 Å². The lowest BCUT2D eigenvalue weighted by atomic mass is 9.86. The zero-order chi connectivity index (χ0) is 24.2. The summed E-state index contributed by atoms with van der Waals surface area (Å²) < 4.78 is 45.0. The Hall–Kier alpha value is -2.62. The van der Waals surface area contributed by atoms with Crippen LogP contribution in [0.15, 0.2) is 30.3 Å². The topological polar surface area (TPSA) is 114 Å². The summed E-state index contributed by atoms with van der Waals surface area (Å²) in [6.45, 7) is 7.50. The molecular weight excluding hydrogens is 434 g/mol. The normalized spacial score (nSPS) is 12.7. The smallest absolute Gasteiger partial charge is 0.380 e. The van der Waals surface area contributed by atoms with Crippen LogP contribution in [0.4, 0.5) is 0 Å². The third-order valence-electron chi connectivity index (χ3n) is 5.09. The van der Waals surface area contributed by atoms with Crippen molar-refractivity contribution in [2.45, 2.75) is 45.6 Å². The highest BCUT2D eigenvalue weighted by Crippen LogP contribution is 2.40. The van der Waals surface area contributed by atoms with Crippen molar-refractivity contribution in [2.24, 2.45) is 5.14 Å². The molecule has 0 aliphatic rings. The summed E-state index contributed by atoms with van der Waals surface area (Å²) >= 11 is 0. The predicted molar refractivity (Wildman–Crippen MR) is 122 cm³/mol. The van der Waals surface area contributed by atoms with Gasteiger partial charge in [0.2, 0.25) is 0 Å². The van der Waals surface area contributed by atoms with Crippen molar-refractivity contribution in [1.82, 2.24) is 0 Å². The van der Waals surface area contributed by atoms with Crippen molar-refractivity contribution in [1.29, 1.82) is 0 Å². The molecule has 2 N–H and O–H groups in total. The van der Waals surface area contributed by atoms with E-state index in [9.17, 15) is 13.2 Å². The molecule has 9 heteroatoms. The largest absolute Gasteiger partial charge is 0.497 e. The van der Waals surface area contributed by atoms with Gasteiger partial charge in [0.25, 0.3) is 0 Å². The Morgan fingerprint density at radius 1 is 0.906 bits per heavy atom. The Morgan fingerprint density at radius 3 is 2.00 bits per heavy atom. The van der Waals surface area contributed by atoms with Gasteiger partial charge < -0.3 is 18.4 Å². The third kappa shape index (κ3) is 5.59. The van der Waals surface area contributed by atoms with Crippen molar-refractivity contribution in [3.63, 3.8) is 0 Å². The molecule has 8 nitrogen and oxygen atoms in total. The van der Waals surface area contributed by atoms with Gasteiger partial charge in [0.05, 0.1) is 14.2 Å². The summed E-state index contributed by atoms with van der Waals surface area (Å²) in [6, 6.07) is 8.42. The number of hydrogen-bond donors (Lipinski definition) is 1. The van der Waals surface area contributed by atoms with Crippen LogP contribution in [0.1, 0.15) is 72.7 Å². The molecule has 0 aromatic heterocycles. The number of nitrogens with two attached hydrogens (primary N) is 1. The molecule has 176 valence electrons. The standard InChI is InChI=1S/C23H31NO7S/c1-13(2)16-10-11-18(20(14(3)4)22(16)31-32(24,26)27)21(25)23(30-7)17-9-8-15(28-5)12-19(17)29-6/h8-14,23H,1-7H3,(H2,24,26,27). The number of carbonyl (C=O) groups excluding carboxylic acids is 1. The van der Waals surface area contributed by atoms with Crippen molar-refractivity contribution in [3.05, 3.63) is 52.6 Å². The van der Waals surface area contributed by atoms with Gasteiger partial charge in [0.15, 0.2) is 11.5 Å². The minimum Gasteiger partial charge on any atom is -0.497 e. The van der Waals surface area contributed by atoms with Gasteiger partial charge in [-0.15, -0.1) is 0 Å². The molecule has 0 spiro atoms. The Bertz CT molecular complexity index is 1080. The summed E-state index contributed by atoms with van der Waals surface area (Å²) in [6.07, 6.45) is -0.999. The van der Waals surface area contributed by atoms with Gasteiger partial charge in [0, 0.05) is 29.9 Å². The number of methoxy groups -OCH3 is 3. The lowest BCUT2D eigenvalue weighted by Crippen LogP contribution is -2.23. The number of carbonyl (C=O) groups is 1. The van der Waals surface area contributed by atoms with Gasteiger partial charge in [-0.2, -0.15) is 13.6 Å². The van der Waals surface area contributed by atoms with Gasteiger partial charge in [-0.25, -0.2) is 0 Å². The highest BCUT2D eigenvalue weighted by atomic mass is 32.2. The molecule has 2 aromatic rings. The second-order valence-electron chi connectivity index (χ2n) is 7.92. The minimum absolute atomic E-state index is 0.0618. The van der Waals surface area contributed by atoms with Crippen LogP contribution in [0.3, 0.4) is 0 Å². The zero-order valence-corrected chi connectivity index (χ0v) is 20.3. The van der Waals surface area contributed by atoms with E-state index < -0.39 is 16.4 Å². The van der Waals surface area contributed by atoms with Gasteiger partial charge in [-0.05, 0) is 29.5 Å². The SMILES string of the molecule is COc1ccc(C(OC)C(=O)c2ccc(C(C)C)c(OS(N)(=O)=O)c2C(C)C)c(OC)c1. The molecule has 1 unspecified atom stereocenters. The van der Waals surface area contributed by atoms with E-state index in [4.69, 9.17) is 23.5 Å². The summed E-state index contributed by atoms with van der Waals surface area (Å²) in [5, 5.41) is 5.19. The van der Waals surface area contributed by atoms with Crippen molar-refractivity contribution < 1.29 is 31.6 Å². The minimum atomic E-state index is -4.30. The van der Waals surface area contributed by atoms with E-state index in [1.54, 1.807) is 30.3 Å². The van der Waals surface area contributed by atoms with E-state index in [1.165, 1.54) is 21.3 Å². The fraction of sp³-hybridized carbons (Fsp3) is 0.435. The van der Waals surface area contributed by atoms with Crippen LogP contribution in [0.2, 0.25) is 0 Å². The number of benzene rings is 2. The second kappa shape index (κ2) is 10.3. The van der Waals surface area contributed by atoms with Gasteiger partial charge >= 0.3 is 10.3 Å². The molecule has 0 saturated heterocycles. The van der Waals surface area contributed by atoms with Crippen LogP contribution in [0.5, 0.6) is 17.2 Å². The first-order valence-electron chi connectivity index (χ1n) is 10.1. The average Bonchev–Trinajstić information content (AvgIpc) is 2.72. The Balaban J connectivity index is 2.72. The molecule has 0 bridgehead atoms. The molecule has 32 heavy (non-hydrogen) atoms. The monoisotopic (exact) mass is 465 g/mol. The van der Waals surface area contributed by atoms with Crippen molar-refractivity contribution >= 4 is 16.1 Å². The summed E-state index contributed by atoms with van der Waals surface area (Å²) in [7, 11) is 0.142. The predicted octanol–water partition coefficient (Wildman–Crippen LogP) is 4.10. The summed E-state index contributed by atoms with van der Waals surface area (Å²) in [5.74, 6) is 0.415. The van der Waals surface area contributed by atoms with Gasteiger partial charge in [0.1, 0.15) is 17.6 Å². The van der Waals surface area contributed by atoms with E-state index in [2.05, 4.69) is 0 Å². The molecule has 0 fully saturated rings. The van der Waals surface area contributed by atoms with Crippen LogP contribution >= 0.6 is 0 Å². The van der Waals surface area contributed by atoms with E-state index in [1.807, 2.05) is 27.7 Å². The lowest BCUT2D eigenvalue weighted by Gasteiger charge is -2.24. The zero-order valence-electron chi connectivity index (χ0n) is 19.5. The van der Waals surface area contributed by atoms with Crippen LogP contribution in [-0.4, -0.2) is 35.5 Å². The molecule has 2 aromatic carbocycles. The van der Waals surface area contributed by atoms with E-state index in [0.29, 0.717) is 28.2 Å². The van der Waals surface area contributed by atoms with Crippen LogP contribution in [0, 0.1) is 0 Å². The van der Waals surface area contributed by atoms with Gasteiger partial charge in [-0.1, -0.05) is 39.8 Å². The quantitative estimate of drug-likeness (QED) is 0.525. The third-order valence-corrected chi connectivity index (χ3v) is 5.49. The first-order valence-corrected chi connectivity index (χ1v) is 11.6. The van der Waals surface area contributed by atoms with Crippen molar-refractivity contribution in [2.75, 3.05) is 21.3 Å². The van der Waals surface area contributed by atoms with Crippen LogP contribution in [-0.2, 0) is 15.0 Å². The average molecular weight is 466 g/mol. The maximum atomic E-state index is 13.7. The number of hydrogen-bond acceptors (Lipinski definition) is 7. The maximum absolute atomic E-state index is 13.7. The maximum Gasteiger partial charge on any atom is 0.380 e. The summed E-state index contributed by atoms with van der Waals surface area (Å²) in [4.78, 5) is 13.7. The molecule has 0 amide bonds. The first kappa shape index (κ1) is 25.6. The Kier molecular flexibility index (Phi) is 8.28. The summed E-state index contributed by atoms with van der Waals surface area (Å²) in [5.41, 5.74) is 1.88. The Labute approximate surface area is 189 Å². The lowest BCUT2D eigenvalue weighted by molar-refractivity contribution is 0.0595. The molecular formula is C23H31NO7S. The molecule has 1 atom stereocenters. The molecule has 0 heterocycles. The first-order chi connectivity index (χ1) is 14.9. The molecule has 0 saturated carbocycles. The number of rotatable bonds is 10. The van der Waals surface area contributed by atoms with E-state index in [0.717, 1.165) is 0 Å². The highest BCUT2D eigenvalue weighted by Gasteiger charge is 2.31. The molecule has 2 rings (SSSR count). The Morgan fingerprint density at radius 2 is 1.53 bits per heavy atom. The van der Waals surface area contributed by atoms with E-state index in [-0.39, 0.29) is 28.9 Å². The fourth-order valence-corrected chi connectivity index (χ4v) is 4.04. The molecule has 0 aliphatic carbocycles. The fourth-order valence-electron chi connectivity index (χ4n) is 3.62.